The Bertz CT molecular complexity index is 647. The van der Waals surface area contributed by atoms with E-state index in [1.165, 1.54) is 12.5 Å². The van der Waals surface area contributed by atoms with Crippen LogP contribution in [0.5, 0.6) is 0 Å². The number of hydrogen-bond donors (Lipinski definition) is 2. The van der Waals surface area contributed by atoms with Gasteiger partial charge in [-0.05, 0) is 24.6 Å². The van der Waals surface area contributed by atoms with Crippen molar-refractivity contribution < 1.29 is 8.42 Å². The van der Waals surface area contributed by atoms with Gasteiger partial charge in [0.1, 0.15) is 0 Å². The third-order valence-electron chi connectivity index (χ3n) is 2.69. The lowest BCUT2D eigenvalue weighted by Crippen LogP contribution is -2.13. The summed E-state index contributed by atoms with van der Waals surface area (Å²) >= 11 is 0. The van der Waals surface area contributed by atoms with E-state index >= 15 is 0 Å². The average molecular weight is 280 g/mol. The Kier molecular flexibility index (Phi) is 3.87. The van der Waals surface area contributed by atoms with Gasteiger partial charge in [0.05, 0.1) is 6.33 Å². The summed E-state index contributed by atoms with van der Waals surface area (Å²) in [5.41, 5.74) is 6.92. The van der Waals surface area contributed by atoms with Crippen LogP contribution in [0.15, 0.2) is 41.8 Å². The Morgan fingerprint density at radius 2 is 2.00 bits per heavy atom. The molecule has 7 heteroatoms. The van der Waals surface area contributed by atoms with Crippen molar-refractivity contribution in [3.8, 4) is 0 Å². The fourth-order valence-corrected chi connectivity index (χ4v) is 2.58. The van der Waals surface area contributed by atoms with Crippen LogP contribution < -0.4 is 10.5 Å². The fraction of sp³-hybridized carbons (Fsp3) is 0.250. The number of nitrogens with one attached hydrogen (secondary N) is 1. The van der Waals surface area contributed by atoms with Gasteiger partial charge in [0.2, 0.25) is 0 Å². The quantitative estimate of drug-likeness (QED) is 0.860. The third kappa shape index (κ3) is 3.12. The molecule has 0 atom stereocenters. The highest BCUT2D eigenvalue weighted by Gasteiger charge is 2.17. The zero-order valence-corrected chi connectivity index (χ0v) is 11.4. The Hall–Kier alpha value is -1.86. The van der Waals surface area contributed by atoms with Crippen LogP contribution in [-0.2, 0) is 23.1 Å². The van der Waals surface area contributed by atoms with E-state index < -0.39 is 10.0 Å². The van der Waals surface area contributed by atoms with Crippen molar-refractivity contribution in [3.05, 3.63) is 42.4 Å². The topological polar surface area (TPSA) is 90.0 Å². The molecule has 3 N–H and O–H groups in total. The molecule has 0 saturated carbocycles. The zero-order chi connectivity index (χ0) is 13.9. The molecule has 1 aromatic heterocycles. The van der Waals surface area contributed by atoms with Crippen LogP contribution in [0, 0.1) is 0 Å². The second-order valence-corrected chi connectivity index (χ2v) is 5.68. The van der Waals surface area contributed by atoms with Crippen molar-refractivity contribution in [2.75, 3.05) is 4.72 Å². The van der Waals surface area contributed by atoms with Gasteiger partial charge in [0.15, 0.2) is 5.03 Å². The smallest absolute Gasteiger partial charge is 0.280 e. The predicted molar refractivity (Wildman–Crippen MR) is 73.0 cm³/mol. The first-order valence-electron chi connectivity index (χ1n) is 5.88. The van der Waals surface area contributed by atoms with Crippen molar-refractivity contribution in [2.45, 2.75) is 25.0 Å². The fourth-order valence-electron chi connectivity index (χ4n) is 1.57. The third-order valence-corrected chi connectivity index (χ3v) is 3.96. The maximum atomic E-state index is 12.1. The number of aromatic nitrogens is 2. The summed E-state index contributed by atoms with van der Waals surface area (Å²) in [5, 5.41) is 0.0113. The number of nitrogens with two attached hydrogens (primary N) is 1. The van der Waals surface area contributed by atoms with Gasteiger partial charge in [-0.3, -0.25) is 4.72 Å². The lowest BCUT2D eigenvalue weighted by atomic mass is 10.2. The lowest BCUT2D eigenvalue weighted by molar-refractivity contribution is 0.598. The Labute approximate surface area is 112 Å². The van der Waals surface area contributed by atoms with Crippen molar-refractivity contribution in [2.24, 2.45) is 5.73 Å². The molecule has 19 heavy (non-hydrogen) atoms. The maximum absolute atomic E-state index is 12.1. The van der Waals surface area contributed by atoms with E-state index in [0.717, 1.165) is 5.56 Å². The average Bonchev–Trinajstić information content (AvgIpc) is 2.89. The van der Waals surface area contributed by atoms with Gasteiger partial charge < -0.3 is 10.3 Å². The largest absolute Gasteiger partial charge is 0.336 e. The van der Waals surface area contributed by atoms with E-state index in [4.69, 9.17) is 5.73 Å². The van der Waals surface area contributed by atoms with E-state index in [2.05, 4.69) is 9.71 Å². The second-order valence-electron chi connectivity index (χ2n) is 4.05. The number of hydrogen-bond acceptors (Lipinski definition) is 4. The van der Waals surface area contributed by atoms with Crippen LogP contribution in [0.4, 0.5) is 5.69 Å². The molecule has 0 bridgehead atoms. The first kappa shape index (κ1) is 13.6. The first-order chi connectivity index (χ1) is 9.05. The van der Waals surface area contributed by atoms with Gasteiger partial charge in [-0.25, -0.2) is 4.98 Å². The summed E-state index contributed by atoms with van der Waals surface area (Å²) in [6.07, 6.45) is 2.99. The van der Waals surface area contributed by atoms with Gasteiger partial charge in [-0.2, -0.15) is 8.42 Å². The highest BCUT2D eigenvalue weighted by Crippen LogP contribution is 2.15. The molecule has 102 valence electrons. The molecule has 2 aromatic rings. The molecule has 0 fully saturated rings. The summed E-state index contributed by atoms with van der Waals surface area (Å²) in [5.74, 6) is 0. The summed E-state index contributed by atoms with van der Waals surface area (Å²) in [6, 6.07) is 6.91. The second kappa shape index (κ2) is 5.41. The zero-order valence-electron chi connectivity index (χ0n) is 10.6. The number of benzene rings is 1. The molecule has 0 aliphatic rings. The minimum Gasteiger partial charge on any atom is -0.336 e. The number of aryl methyl sites for hydroxylation is 1. The molecular formula is C12H16N4O2S. The summed E-state index contributed by atoms with van der Waals surface area (Å²) in [7, 11) is -3.64. The molecule has 0 amide bonds. The standard InChI is InChI=1S/C12H16N4O2S/c1-2-16-8-12(14-9-16)19(17,18)15-11-5-3-10(7-13)4-6-11/h3-6,8-9,15H,2,7,13H2,1H3. The van der Waals surface area contributed by atoms with Crippen LogP contribution in [0.25, 0.3) is 0 Å². The summed E-state index contributed by atoms with van der Waals surface area (Å²) < 4.78 is 28.3. The number of sulfonamides is 1. The predicted octanol–water partition coefficient (Wildman–Crippen LogP) is 1.16. The van der Waals surface area contributed by atoms with Crippen molar-refractivity contribution >= 4 is 15.7 Å². The maximum Gasteiger partial charge on any atom is 0.280 e. The van der Waals surface area contributed by atoms with Gasteiger partial charge in [0, 0.05) is 25.0 Å². The normalized spacial score (nSPS) is 11.5. The van der Waals surface area contributed by atoms with Gasteiger partial charge in [-0.15, -0.1) is 0 Å². The van der Waals surface area contributed by atoms with Crippen LogP contribution in [0.1, 0.15) is 12.5 Å². The van der Waals surface area contributed by atoms with Crippen LogP contribution >= 0.6 is 0 Å². The molecule has 0 spiro atoms. The SMILES string of the molecule is CCn1cnc(S(=O)(=O)Nc2ccc(CN)cc2)c1. The number of anilines is 1. The van der Waals surface area contributed by atoms with Crippen molar-refractivity contribution in [3.63, 3.8) is 0 Å². The van der Waals surface area contributed by atoms with Crippen molar-refractivity contribution in [1.82, 2.24) is 9.55 Å². The molecule has 0 radical (unpaired) electrons. The van der Waals surface area contributed by atoms with E-state index in [0.29, 0.717) is 18.8 Å². The van der Waals surface area contributed by atoms with E-state index in [1.54, 1.807) is 28.8 Å². The van der Waals surface area contributed by atoms with Gasteiger partial charge in [0.25, 0.3) is 10.0 Å². The molecule has 0 saturated heterocycles. The van der Waals surface area contributed by atoms with Crippen LogP contribution in [0.2, 0.25) is 0 Å². The number of imidazole rings is 1. The van der Waals surface area contributed by atoms with E-state index in [-0.39, 0.29) is 5.03 Å². The van der Waals surface area contributed by atoms with E-state index in [9.17, 15) is 8.42 Å². The Morgan fingerprint density at radius 3 is 2.53 bits per heavy atom. The summed E-state index contributed by atoms with van der Waals surface area (Å²) in [6.45, 7) is 3.01. The monoisotopic (exact) mass is 280 g/mol. The number of nitrogens with zero attached hydrogens (tertiary/aromatic N) is 2. The Morgan fingerprint density at radius 1 is 1.32 bits per heavy atom. The van der Waals surface area contributed by atoms with Crippen molar-refractivity contribution in [1.29, 1.82) is 0 Å². The first-order valence-corrected chi connectivity index (χ1v) is 7.37. The molecule has 2 rings (SSSR count). The molecule has 6 nitrogen and oxygen atoms in total. The van der Waals surface area contributed by atoms with Crippen LogP contribution in [0.3, 0.4) is 0 Å². The highest BCUT2D eigenvalue weighted by molar-refractivity contribution is 7.92. The van der Waals surface area contributed by atoms with Gasteiger partial charge in [-0.1, -0.05) is 12.1 Å². The van der Waals surface area contributed by atoms with E-state index in [1.807, 2.05) is 6.92 Å². The molecular weight excluding hydrogens is 264 g/mol. The lowest BCUT2D eigenvalue weighted by Gasteiger charge is -2.06. The molecule has 1 aromatic carbocycles. The Balaban J connectivity index is 2.20. The van der Waals surface area contributed by atoms with Crippen LogP contribution in [-0.4, -0.2) is 18.0 Å². The van der Waals surface area contributed by atoms with Gasteiger partial charge >= 0.3 is 0 Å². The molecule has 0 unspecified atom stereocenters. The highest BCUT2D eigenvalue weighted by atomic mass is 32.2. The number of rotatable bonds is 5. The minimum atomic E-state index is -3.64. The molecule has 0 aliphatic heterocycles. The molecule has 1 heterocycles. The minimum absolute atomic E-state index is 0.0113. The summed E-state index contributed by atoms with van der Waals surface area (Å²) in [4.78, 5) is 3.88. The molecule has 0 aliphatic carbocycles.